The molecule has 2 aromatic carbocycles. The number of carbonyl (C=O) groups is 2. The van der Waals surface area contributed by atoms with E-state index in [2.05, 4.69) is 33.3 Å². The van der Waals surface area contributed by atoms with Gasteiger partial charge >= 0.3 is 0 Å². The molecular formula is C25H27N5O2. The number of rotatable bonds is 5. The summed E-state index contributed by atoms with van der Waals surface area (Å²) < 4.78 is 0. The van der Waals surface area contributed by atoms with Crippen LogP contribution in [0.2, 0.25) is 0 Å². The van der Waals surface area contributed by atoms with Crippen LogP contribution in [-0.4, -0.2) is 50.9 Å². The highest BCUT2D eigenvalue weighted by atomic mass is 16.2. The first-order chi connectivity index (χ1) is 15.5. The molecule has 3 N–H and O–H groups in total. The Hall–Kier alpha value is -3.45. The molecule has 1 fully saturated rings. The predicted octanol–water partition coefficient (Wildman–Crippen LogP) is 3.36. The van der Waals surface area contributed by atoms with Gasteiger partial charge in [0.1, 0.15) is 0 Å². The minimum Gasteiger partial charge on any atom is -0.366 e. The number of amides is 2. The molecule has 1 saturated heterocycles. The average molecular weight is 430 g/mol. The number of H-pyrrole nitrogens is 1. The van der Waals surface area contributed by atoms with Gasteiger partial charge in [-0.05, 0) is 37.5 Å². The van der Waals surface area contributed by atoms with Crippen LogP contribution in [0.3, 0.4) is 0 Å². The molecule has 2 aliphatic rings. The van der Waals surface area contributed by atoms with E-state index in [-0.39, 0.29) is 18.0 Å². The second-order valence-electron chi connectivity index (χ2n) is 8.67. The van der Waals surface area contributed by atoms with E-state index >= 15 is 0 Å². The molecule has 3 aromatic rings. The maximum atomic E-state index is 13.2. The summed E-state index contributed by atoms with van der Waals surface area (Å²) in [4.78, 5) is 29.4. The van der Waals surface area contributed by atoms with E-state index in [0.29, 0.717) is 11.1 Å². The van der Waals surface area contributed by atoms with Gasteiger partial charge in [0.05, 0.1) is 22.9 Å². The number of primary amides is 1. The number of nitrogens with zero attached hydrogens (tertiary/aromatic N) is 3. The van der Waals surface area contributed by atoms with Crippen LogP contribution in [0.15, 0.2) is 54.6 Å². The lowest BCUT2D eigenvalue weighted by Crippen LogP contribution is -2.45. The average Bonchev–Trinajstić information content (AvgIpc) is 3.38. The van der Waals surface area contributed by atoms with Gasteiger partial charge in [-0.3, -0.25) is 19.6 Å². The minimum absolute atomic E-state index is 0.0469. The third-order valence-electron chi connectivity index (χ3n) is 6.72. The number of benzene rings is 2. The van der Waals surface area contributed by atoms with Gasteiger partial charge in [0.2, 0.25) is 5.91 Å². The highest BCUT2D eigenvalue weighted by molar-refractivity contribution is 6.09. The van der Waals surface area contributed by atoms with Crippen LogP contribution in [0.25, 0.3) is 11.3 Å². The Labute approximate surface area is 187 Å². The number of aromatic amines is 1. The van der Waals surface area contributed by atoms with Crippen molar-refractivity contribution in [2.75, 3.05) is 13.1 Å². The van der Waals surface area contributed by atoms with E-state index in [9.17, 15) is 9.59 Å². The van der Waals surface area contributed by atoms with E-state index in [4.69, 9.17) is 5.73 Å². The summed E-state index contributed by atoms with van der Waals surface area (Å²) in [6.07, 6.45) is 1.80. The molecule has 0 saturated carbocycles. The van der Waals surface area contributed by atoms with Crippen molar-refractivity contribution < 1.29 is 9.59 Å². The number of piperidine rings is 1. The maximum Gasteiger partial charge on any atom is 0.255 e. The smallest absolute Gasteiger partial charge is 0.255 e. The van der Waals surface area contributed by atoms with E-state index in [1.165, 1.54) is 0 Å². The summed E-state index contributed by atoms with van der Waals surface area (Å²) >= 11 is 0. The van der Waals surface area contributed by atoms with Crippen molar-refractivity contribution in [1.82, 2.24) is 20.0 Å². The van der Waals surface area contributed by atoms with Gasteiger partial charge in [0.15, 0.2) is 0 Å². The van der Waals surface area contributed by atoms with Crippen LogP contribution in [0, 0.1) is 0 Å². The molecule has 1 aromatic heterocycles. The summed E-state index contributed by atoms with van der Waals surface area (Å²) in [6, 6.07) is 17.7. The largest absolute Gasteiger partial charge is 0.366 e. The monoisotopic (exact) mass is 429 g/mol. The number of fused-ring (bicyclic) bond motifs is 1. The zero-order valence-electron chi connectivity index (χ0n) is 18.1. The third-order valence-corrected chi connectivity index (χ3v) is 6.72. The van der Waals surface area contributed by atoms with Crippen LogP contribution in [0.4, 0.5) is 0 Å². The number of aromatic nitrogens is 2. The number of nitrogens with two attached hydrogens (primary N) is 1. The van der Waals surface area contributed by atoms with Crippen LogP contribution in [0.5, 0.6) is 0 Å². The van der Waals surface area contributed by atoms with Crippen LogP contribution in [-0.2, 0) is 6.54 Å². The molecule has 3 heterocycles. The zero-order chi connectivity index (χ0) is 22.2. The number of carbonyl (C=O) groups excluding carboxylic acids is 2. The number of likely N-dealkylation sites (tertiary alicyclic amines) is 1. The molecule has 2 aliphatic heterocycles. The first kappa shape index (κ1) is 20.5. The van der Waals surface area contributed by atoms with Gasteiger partial charge in [-0.1, -0.05) is 42.5 Å². The maximum absolute atomic E-state index is 13.2. The standard InChI is InChI=1S/C25H27N5O2/c1-16-20-8-5-9-21(24(26)31)23(20)25(32)30(16)19-10-12-29(13-11-19)15-18-14-22(28-27-18)17-6-3-2-4-7-17/h2-9,14,16,19H,10-13,15H2,1H3,(H2,26,31)(H,27,28). The lowest BCUT2D eigenvalue weighted by Gasteiger charge is -2.38. The predicted molar refractivity (Wildman–Crippen MR) is 122 cm³/mol. The number of nitrogens with one attached hydrogen (secondary N) is 1. The van der Waals surface area contributed by atoms with E-state index in [1.54, 1.807) is 6.07 Å². The van der Waals surface area contributed by atoms with Crippen molar-refractivity contribution in [3.8, 4) is 11.3 Å². The fourth-order valence-electron chi connectivity index (χ4n) is 5.10. The molecule has 7 nitrogen and oxygen atoms in total. The quantitative estimate of drug-likeness (QED) is 0.650. The van der Waals surface area contributed by atoms with E-state index < -0.39 is 5.91 Å². The van der Waals surface area contributed by atoms with Crippen molar-refractivity contribution in [3.05, 3.63) is 77.0 Å². The highest BCUT2D eigenvalue weighted by Crippen LogP contribution is 2.38. The molecule has 32 heavy (non-hydrogen) atoms. The van der Waals surface area contributed by atoms with Gasteiger partial charge in [-0.15, -0.1) is 0 Å². The first-order valence-electron chi connectivity index (χ1n) is 11.1. The molecule has 0 aliphatic carbocycles. The Balaban J connectivity index is 1.24. The van der Waals surface area contributed by atoms with Crippen LogP contribution >= 0.6 is 0 Å². The first-order valence-corrected chi connectivity index (χ1v) is 11.1. The topological polar surface area (TPSA) is 95.3 Å². The second-order valence-corrected chi connectivity index (χ2v) is 8.67. The summed E-state index contributed by atoms with van der Waals surface area (Å²) in [7, 11) is 0. The van der Waals surface area contributed by atoms with Gasteiger partial charge in [0.25, 0.3) is 5.91 Å². The molecular weight excluding hydrogens is 402 g/mol. The normalized spacial score (nSPS) is 19.3. The van der Waals surface area contributed by atoms with Crippen molar-refractivity contribution in [3.63, 3.8) is 0 Å². The van der Waals surface area contributed by atoms with Crippen molar-refractivity contribution in [2.24, 2.45) is 5.73 Å². The molecule has 1 atom stereocenters. The second kappa shape index (κ2) is 8.24. The lowest BCUT2D eigenvalue weighted by atomic mass is 9.99. The van der Waals surface area contributed by atoms with Gasteiger partial charge in [0, 0.05) is 36.9 Å². The van der Waals surface area contributed by atoms with Gasteiger partial charge < -0.3 is 10.6 Å². The summed E-state index contributed by atoms with van der Waals surface area (Å²) in [5, 5.41) is 7.61. The Morgan fingerprint density at radius 2 is 1.88 bits per heavy atom. The van der Waals surface area contributed by atoms with Gasteiger partial charge in [-0.25, -0.2) is 0 Å². The minimum atomic E-state index is -0.548. The molecule has 0 bridgehead atoms. The summed E-state index contributed by atoms with van der Waals surface area (Å²) in [5.41, 5.74) is 10.4. The number of hydrogen-bond acceptors (Lipinski definition) is 4. The van der Waals surface area contributed by atoms with Crippen molar-refractivity contribution in [2.45, 2.75) is 38.4 Å². The molecule has 2 amide bonds. The summed E-state index contributed by atoms with van der Waals surface area (Å²) in [5.74, 6) is -0.616. The SMILES string of the molecule is CC1c2cccc(C(N)=O)c2C(=O)N1C1CCN(Cc2cc(-c3ccccc3)n[nH]2)CC1. The fraction of sp³-hybridized carbons (Fsp3) is 0.320. The van der Waals surface area contributed by atoms with Crippen molar-refractivity contribution in [1.29, 1.82) is 0 Å². The molecule has 1 unspecified atom stereocenters. The van der Waals surface area contributed by atoms with E-state index in [0.717, 1.165) is 55.0 Å². The zero-order valence-corrected chi connectivity index (χ0v) is 18.1. The fourth-order valence-corrected chi connectivity index (χ4v) is 5.10. The Morgan fingerprint density at radius 1 is 1.12 bits per heavy atom. The van der Waals surface area contributed by atoms with E-state index in [1.807, 2.05) is 42.2 Å². The Bertz CT molecular complexity index is 1150. The molecule has 164 valence electrons. The Kier molecular flexibility index (Phi) is 5.27. The Morgan fingerprint density at radius 3 is 2.59 bits per heavy atom. The van der Waals surface area contributed by atoms with Crippen LogP contribution < -0.4 is 5.73 Å². The molecule has 0 spiro atoms. The third kappa shape index (κ3) is 3.58. The summed E-state index contributed by atoms with van der Waals surface area (Å²) in [6.45, 7) is 4.65. The molecule has 0 radical (unpaired) electrons. The molecule has 7 heteroatoms. The number of hydrogen-bond donors (Lipinski definition) is 2. The molecule has 5 rings (SSSR count). The van der Waals surface area contributed by atoms with Crippen molar-refractivity contribution >= 4 is 11.8 Å². The van der Waals surface area contributed by atoms with Crippen LogP contribution in [0.1, 0.15) is 57.8 Å². The highest BCUT2D eigenvalue weighted by Gasteiger charge is 2.41. The van der Waals surface area contributed by atoms with Gasteiger partial charge in [-0.2, -0.15) is 5.10 Å². The lowest BCUT2D eigenvalue weighted by molar-refractivity contribution is 0.0509.